The second kappa shape index (κ2) is 5.61. The number of aromatic nitrogens is 1. The molecule has 5 heteroatoms. The Balaban J connectivity index is 2.30. The number of H-pyrrole nitrogens is 1. The Hall–Kier alpha value is -2.56. The van der Waals surface area contributed by atoms with Gasteiger partial charge in [0, 0.05) is 17.8 Å². The average Bonchev–Trinajstić information content (AvgIpc) is 2.37. The number of para-hydroxylation sites is 1. The maximum Gasteiger partial charge on any atom is 0.256 e. The lowest BCUT2D eigenvalue weighted by Gasteiger charge is -2.13. The number of anilines is 1. The van der Waals surface area contributed by atoms with E-state index in [2.05, 4.69) is 10.3 Å². The van der Waals surface area contributed by atoms with E-state index >= 15 is 0 Å². The van der Waals surface area contributed by atoms with Crippen molar-refractivity contribution >= 4 is 11.6 Å². The Morgan fingerprint density at radius 2 is 1.95 bits per heavy atom. The van der Waals surface area contributed by atoms with Crippen molar-refractivity contribution in [3.63, 3.8) is 0 Å². The van der Waals surface area contributed by atoms with Gasteiger partial charge >= 0.3 is 0 Å². The molecule has 1 aromatic carbocycles. The van der Waals surface area contributed by atoms with Crippen LogP contribution in [0.2, 0.25) is 0 Å². The van der Waals surface area contributed by atoms with Crippen molar-refractivity contribution in [2.24, 2.45) is 0 Å². The molecule has 0 saturated carbocycles. The zero-order valence-electron chi connectivity index (χ0n) is 11.3. The van der Waals surface area contributed by atoms with Crippen LogP contribution in [-0.4, -0.2) is 16.0 Å². The number of nitrogens with one attached hydrogen (secondary N) is 2. The third-order valence-corrected chi connectivity index (χ3v) is 2.92. The van der Waals surface area contributed by atoms with Crippen LogP contribution < -0.4 is 10.9 Å². The quantitative estimate of drug-likeness (QED) is 0.802. The van der Waals surface area contributed by atoms with Crippen molar-refractivity contribution in [1.82, 2.24) is 4.98 Å². The Morgan fingerprint density at radius 3 is 2.60 bits per heavy atom. The number of amides is 1. The highest BCUT2D eigenvalue weighted by Gasteiger charge is 2.12. The molecular formula is C15H16N2O3. The van der Waals surface area contributed by atoms with Crippen LogP contribution >= 0.6 is 0 Å². The Kier molecular flexibility index (Phi) is 3.89. The van der Waals surface area contributed by atoms with Gasteiger partial charge in [0.05, 0.1) is 5.56 Å². The predicted molar refractivity (Wildman–Crippen MR) is 77.2 cm³/mol. The van der Waals surface area contributed by atoms with Gasteiger partial charge in [0.15, 0.2) is 5.88 Å². The SMILES string of the molecule is CC(C)c1ccccc1NC(=O)c1cc(O)[nH]c(=O)c1. The van der Waals surface area contributed by atoms with Crippen LogP contribution in [0.4, 0.5) is 5.69 Å². The molecule has 0 radical (unpaired) electrons. The molecule has 3 N–H and O–H groups in total. The van der Waals surface area contributed by atoms with Crippen LogP contribution in [0, 0.1) is 0 Å². The van der Waals surface area contributed by atoms with Gasteiger partial charge in [-0.05, 0) is 17.5 Å². The highest BCUT2D eigenvalue weighted by molar-refractivity contribution is 6.04. The first-order valence-corrected chi connectivity index (χ1v) is 6.31. The summed E-state index contributed by atoms with van der Waals surface area (Å²) in [6, 6.07) is 9.85. The van der Waals surface area contributed by atoms with Crippen LogP contribution in [0.25, 0.3) is 0 Å². The Labute approximate surface area is 116 Å². The number of rotatable bonds is 3. The van der Waals surface area contributed by atoms with Crippen molar-refractivity contribution in [1.29, 1.82) is 0 Å². The summed E-state index contributed by atoms with van der Waals surface area (Å²) in [6.07, 6.45) is 0. The third kappa shape index (κ3) is 3.06. The second-order valence-electron chi connectivity index (χ2n) is 4.81. The fraction of sp³-hybridized carbons (Fsp3) is 0.200. The second-order valence-corrected chi connectivity index (χ2v) is 4.81. The van der Waals surface area contributed by atoms with E-state index in [1.165, 1.54) is 6.07 Å². The van der Waals surface area contributed by atoms with Crippen molar-refractivity contribution in [3.8, 4) is 5.88 Å². The molecule has 5 nitrogen and oxygen atoms in total. The fourth-order valence-corrected chi connectivity index (χ4v) is 1.97. The molecule has 20 heavy (non-hydrogen) atoms. The number of hydrogen-bond donors (Lipinski definition) is 3. The van der Waals surface area contributed by atoms with Crippen molar-refractivity contribution < 1.29 is 9.90 Å². The minimum absolute atomic E-state index is 0.116. The van der Waals surface area contributed by atoms with Crippen LogP contribution in [0.15, 0.2) is 41.2 Å². The molecule has 0 unspecified atom stereocenters. The lowest BCUT2D eigenvalue weighted by molar-refractivity contribution is 0.102. The van der Waals surface area contributed by atoms with Crippen LogP contribution in [0.3, 0.4) is 0 Å². The van der Waals surface area contributed by atoms with E-state index in [0.717, 1.165) is 11.6 Å². The summed E-state index contributed by atoms with van der Waals surface area (Å²) in [5.74, 6) is -0.502. The number of hydrogen-bond acceptors (Lipinski definition) is 3. The van der Waals surface area contributed by atoms with E-state index in [-0.39, 0.29) is 17.4 Å². The summed E-state index contributed by atoms with van der Waals surface area (Å²) in [4.78, 5) is 25.5. The van der Waals surface area contributed by atoms with Gasteiger partial charge in [-0.2, -0.15) is 0 Å². The van der Waals surface area contributed by atoms with E-state index in [0.29, 0.717) is 5.69 Å². The third-order valence-electron chi connectivity index (χ3n) is 2.92. The van der Waals surface area contributed by atoms with Gasteiger partial charge in [-0.15, -0.1) is 0 Å². The van der Waals surface area contributed by atoms with Gasteiger partial charge in [0.25, 0.3) is 11.5 Å². The van der Waals surface area contributed by atoms with Crippen LogP contribution in [0.5, 0.6) is 5.88 Å². The summed E-state index contributed by atoms with van der Waals surface area (Å²) in [6.45, 7) is 4.06. The van der Waals surface area contributed by atoms with Crippen molar-refractivity contribution in [2.75, 3.05) is 5.32 Å². The molecule has 0 bridgehead atoms. The molecule has 0 saturated heterocycles. The van der Waals surface area contributed by atoms with Crippen LogP contribution in [0.1, 0.15) is 35.7 Å². The van der Waals surface area contributed by atoms with E-state index in [4.69, 9.17) is 0 Å². The van der Waals surface area contributed by atoms with Gasteiger partial charge in [-0.25, -0.2) is 0 Å². The molecule has 0 fully saturated rings. The normalized spacial score (nSPS) is 10.6. The molecule has 2 aromatic rings. The van der Waals surface area contributed by atoms with Crippen molar-refractivity contribution in [2.45, 2.75) is 19.8 Å². The van der Waals surface area contributed by atoms with Crippen LogP contribution in [-0.2, 0) is 0 Å². The lowest BCUT2D eigenvalue weighted by atomic mass is 10.0. The van der Waals surface area contributed by atoms with E-state index in [1.807, 2.05) is 32.0 Å². The summed E-state index contributed by atoms with van der Waals surface area (Å²) in [5, 5.41) is 12.1. The molecule has 1 aromatic heterocycles. The molecule has 0 aliphatic heterocycles. The Morgan fingerprint density at radius 1 is 1.25 bits per heavy atom. The Bertz CT molecular complexity index is 690. The molecule has 0 aliphatic rings. The first-order chi connectivity index (χ1) is 9.47. The zero-order chi connectivity index (χ0) is 14.7. The molecule has 104 valence electrons. The smallest absolute Gasteiger partial charge is 0.256 e. The molecule has 1 amide bonds. The lowest BCUT2D eigenvalue weighted by Crippen LogP contribution is -2.16. The molecule has 2 rings (SSSR count). The average molecular weight is 272 g/mol. The molecule has 0 spiro atoms. The number of carbonyl (C=O) groups is 1. The molecule has 0 aliphatic carbocycles. The number of carbonyl (C=O) groups excluding carboxylic acids is 1. The first kappa shape index (κ1) is 13.9. The van der Waals surface area contributed by atoms with E-state index in [9.17, 15) is 14.7 Å². The van der Waals surface area contributed by atoms with Gasteiger partial charge in [0.1, 0.15) is 0 Å². The molecule has 1 heterocycles. The zero-order valence-corrected chi connectivity index (χ0v) is 11.3. The first-order valence-electron chi connectivity index (χ1n) is 6.31. The summed E-state index contributed by atoms with van der Waals surface area (Å²) in [7, 11) is 0. The topological polar surface area (TPSA) is 82.2 Å². The monoisotopic (exact) mass is 272 g/mol. The summed E-state index contributed by atoms with van der Waals surface area (Å²) >= 11 is 0. The molecular weight excluding hydrogens is 256 g/mol. The van der Waals surface area contributed by atoms with Gasteiger partial charge in [-0.1, -0.05) is 32.0 Å². The van der Waals surface area contributed by atoms with E-state index in [1.54, 1.807) is 6.07 Å². The highest BCUT2D eigenvalue weighted by atomic mass is 16.3. The maximum atomic E-state index is 12.1. The number of aromatic hydroxyl groups is 1. The highest BCUT2D eigenvalue weighted by Crippen LogP contribution is 2.24. The fourth-order valence-electron chi connectivity index (χ4n) is 1.97. The standard InChI is InChI=1S/C15H16N2O3/c1-9(2)11-5-3-4-6-12(11)16-15(20)10-7-13(18)17-14(19)8-10/h3-9H,1-2H3,(H,16,20)(H2,17,18,19). The van der Waals surface area contributed by atoms with Crippen molar-refractivity contribution in [3.05, 3.63) is 57.9 Å². The summed E-state index contributed by atoms with van der Waals surface area (Å²) in [5.41, 5.74) is 1.30. The van der Waals surface area contributed by atoms with Gasteiger partial charge < -0.3 is 10.4 Å². The predicted octanol–water partition coefficient (Wildman–Crippen LogP) is 2.46. The van der Waals surface area contributed by atoms with Gasteiger partial charge in [0.2, 0.25) is 0 Å². The number of aromatic amines is 1. The van der Waals surface area contributed by atoms with E-state index < -0.39 is 11.5 Å². The molecule has 0 atom stereocenters. The number of pyridine rings is 1. The maximum absolute atomic E-state index is 12.1. The minimum Gasteiger partial charge on any atom is -0.494 e. The summed E-state index contributed by atoms with van der Waals surface area (Å²) < 4.78 is 0. The minimum atomic E-state index is -0.521. The number of benzene rings is 1. The van der Waals surface area contributed by atoms with Gasteiger partial charge in [-0.3, -0.25) is 14.6 Å². The largest absolute Gasteiger partial charge is 0.494 e.